The fourth-order valence-corrected chi connectivity index (χ4v) is 5.98. The Balaban J connectivity index is 1.52. The number of hydrogen-bond donors (Lipinski definition) is 2. The third-order valence-electron chi connectivity index (χ3n) is 7.98. The molecule has 0 aliphatic carbocycles. The van der Waals surface area contributed by atoms with E-state index in [9.17, 15) is 22.5 Å². The van der Waals surface area contributed by atoms with Crippen LogP contribution in [0.2, 0.25) is 0 Å². The van der Waals surface area contributed by atoms with Crippen LogP contribution in [0.3, 0.4) is 0 Å². The number of aryl methyl sites for hydroxylation is 1. The molecule has 0 aliphatic rings. The van der Waals surface area contributed by atoms with Gasteiger partial charge in [0.25, 0.3) is 0 Å². The number of anilines is 1. The fraction of sp³-hybridized carbons (Fsp3) is 0.625. The number of imidazole rings is 1. The quantitative estimate of drug-likeness (QED) is 0.0466. The second-order valence-corrected chi connectivity index (χ2v) is 13.0. The van der Waals surface area contributed by atoms with Crippen LogP contribution in [-0.4, -0.2) is 57.5 Å². The summed E-state index contributed by atoms with van der Waals surface area (Å²) in [5.74, 6) is -2.37. The monoisotopic (exact) mass is 683 g/mol. The number of hydrogen-bond acceptors (Lipinski definition) is 9. The van der Waals surface area contributed by atoms with Crippen molar-refractivity contribution in [1.82, 2.24) is 24.6 Å². The van der Waals surface area contributed by atoms with Gasteiger partial charge in [0.2, 0.25) is 0 Å². The third-order valence-corrected chi connectivity index (χ3v) is 8.86. The van der Waals surface area contributed by atoms with E-state index in [1.165, 1.54) is 52.0 Å². The van der Waals surface area contributed by atoms with Gasteiger partial charge in [-0.3, -0.25) is 4.79 Å². The van der Waals surface area contributed by atoms with Crippen LogP contribution in [0.4, 0.5) is 19.0 Å². The molecule has 0 amide bonds. The van der Waals surface area contributed by atoms with Crippen LogP contribution in [0, 0.1) is 17.7 Å². The highest BCUT2D eigenvalue weighted by atomic mass is 31.1. The molecule has 1 unspecified atom stereocenters. The van der Waals surface area contributed by atoms with E-state index >= 15 is 0 Å². The van der Waals surface area contributed by atoms with Crippen LogP contribution in [0.15, 0.2) is 24.5 Å². The van der Waals surface area contributed by atoms with Gasteiger partial charge in [-0.1, -0.05) is 69.8 Å². The molecular formula is C32H47F3N6O5P+. The minimum absolute atomic E-state index is 0.0790. The van der Waals surface area contributed by atoms with Gasteiger partial charge in [0.15, 0.2) is 17.5 Å². The number of ether oxygens (including phenoxy) is 2. The van der Waals surface area contributed by atoms with Gasteiger partial charge in [-0.25, -0.2) is 13.8 Å². The largest absolute Gasteiger partial charge is 0.613 e. The number of carbonyl (C=O) groups excluding carboxylic acids is 1. The first kappa shape index (κ1) is 38.3. The molecule has 0 bridgehead atoms. The molecule has 0 radical (unpaired) electrons. The van der Waals surface area contributed by atoms with Gasteiger partial charge < -0.3 is 19.8 Å². The smallest absolute Gasteiger partial charge is 0.464 e. The molecule has 47 heavy (non-hydrogen) atoms. The molecule has 3 aromatic rings. The topological polar surface area (TPSA) is 143 Å². The summed E-state index contributed by atoms with van der Waals surface area (Å²) < 4.78 is 72.7. The maximum Gasteiger partial charge on any atom is 0.613 e. The Kier molecular flexibility index (Phi) is 15.9. The zero-order valence-corrected chi connectivity index (χ0v) is 28.4. The number of halogens is 3. The Hall–Kier alpha value is -3.19. The average molecular weight is 684 g/mol. The van der Waals surface area contributed by atoms with Gasteiger partial charge in [-0.15, -0.1) is 4.52 Å². The first-order valence-electron chi connectivity index (χ1n) is 16.2. The molecule has 3 atom stereocenters. The number of nitrogen functional groups attached to an aromatic ring is 1. The number of benzene rings is 1. The summed E-state index contributed by atoms with van der Waals surface area (Å²) >= 11 is 0. The van der Waals surface area contributed by atoms with Crippen molar-refractivity contribution in [3.05, 3.63) is 47.8 Å². The second-order valence-electron chi connectivity index (χ2n) is 11.9. The number of aromatic nitrogens is 4. The summed E-state index contributed by atoms with van der Waals surface area (Å²) in [5.41, 5.74) is 5.44. The molecule has 0 aliphatic heterocycles. The van der Waals surface area contributed by atoms with Crippen LogP contribution >= 0.6 is 8.18 Å². The Morgan fingerprint density at radius 1 is 1.02 bits per heavy atom. The summed E-state index contributed by atoms with van der Waals surface area (Å²) in [5, 5.41) is 2.62. The van der Waals surface area contributed by atoms with Gasteiger partial charge in [0, 0.05) is 26.1 Å². The summed E-state index contributed by atoms with van der Waals surface area (Å²) in [6, 6.07) is 1.75. The van der Waals surface area contributed by atoms with Crippen LogP contribution in [0.25, 0.3) is 11.2 Å². The number of esters is 1. The van der Waals surface area contributed by atoms with E-state index in [0.29, 0.717) is 12.8 Å². The number of fused-ring (bicyclic) bond motifs is 1. The van der Waals surface area contributed by atoms with Crippen molar-refractivity contribution in [2.24, 2.45) is 0 Å². The number of nitrogens with zero attached hydrogens (tertiary/aromatic N) is 4. The molecule has 0 saturated heterocycles. The van der Waals surface area contributed by atoms with Crippen molar-refractivity contribution in [2.45, 2.75) is 109 Å². The van der Waals surface area contributed by atoms with Crippen molar-refractivity contribution >= 4 is 31.1 Å². The van der Waals surface area contributed by atoms with E-state index in [-0.39, 0.29) is 48.7 Å². The molecule has 0 spiro atoms. The van der Waals surface area contributed by atoms with Gasteiger partial charge in [-0.2, -0.15) is 14.4 Å². The van der Waals surface area contributed by atoms with E-state index in [2.05, 4.69) is 27.0 Å². The zero-order chi connectivity index (χ0) is 34.2. The fourth-order valence-electron chi connectivity index (χ4n) is 5.06. The summed E-state index contributed by atoms with van der Waals surface area (Å²) in [4.78, 5) is 24.4. The first-order chi connectivity index (χ1) is 22.5. The van der Waals surface area contributed by atoms with E-state index < -0.39 is 43.5 Å². The van der Waals surface area contributed by atoms with Crippen LogP contribution in [-0.2, 0) is 36.3 Å². The Morgan fingerprint density at radius 3 is 2.30 bits per heavy atom. The lowest BCUT2D eigenvalue weighted by Crippen LogP contribution is -2.38. The molecular weight excluding hydrogens is 636 g/mol. The van der Waals surface area contributed by atoms with E-state index in [1.54, 1.807) is 11.5 Å². The average Bonchev–Trinajstić information content (AvgIpc) is 3.44. The number of unbranched alkanes of at least 4 members (excludes halogenated alkanes) is 9. The maximum atomic E-state index is 13.9. The lowest BCUT2D eigenvalue weighted by atomic mass is 10.0. The van der Waals surface area contributed by atoms with Gasteiger partial charge in [0.1, 0.15) is 23.8 Å². The molecule has 0 fully saturated rings. The van der Waals surface area contributed by atoms with Crippen LogP contribution < -0.4 is 10.8 Å². The predicted octanol–water partition coefficient (Wildman–Crippen LogP) is 6.96. The molecule has 0 saturated carbocycles. The highest BCUT2D eigenvalue weighted by Gasteiger charge is 2.35. The molecule has 2 heterocycles. The summed E-state index contributed by atoms with van der Waals surface area (Å²) in [7, 11) is -1.18. The van der Waals surface area contributed by atoms with Gasteiger partial charge >= 0.3 is 20.2 Å². The minimum Gasteiger partial charge on any atom is -0.464 e. The standard InChI is InChI=1S/C32H47F3N6O5P/c1-4-5-6-7-8-9-10-11-12-13-16-45-30(42)26(19-23-17-24(33)20-25(34)18-23)40-47(43)46-21-32(2,44-3)14-15-41-22-37-27-28(36)38-31(35)39-29(27)41/h17-18,20,22,26H,4-16,19,21H2,1-3H3,(H,40,43)(H2,36,38,39)/q+1/t26-,32-/m0/s1. The summed E-state index contributed by atoms with van der Waals surface area (Å²) in [6.07, 6.45) is 11.9. The van der Waals surface area contributed by atoms with Gasteiger partial charge in [-0.05, 0) is 42.0 Å². The molecule has 3 rings (SSSR count). The lowest BCUT2D eigenvalue weighted by Gasteiger charge is -2.25. The maximum absolute atomic E-state index is 13.9. The van der Waals surface area contributed by atoms with Crippen molar-refractivity contribution in [1.29, 1.82) is 0 Å². The number of nitrogens with one attached hydrogen (secondary N) is 1. The molecule has 260 valence electrons. The van der Waals surface area contributed by atoms with Crippen molar-refractivity contribution < 1.29 is 36.5 Å². The number of carbonyl (C=O) groups is 1. The predicted molar refractivity (Wildman–Crippen MR) is 173 cm³/mol. The number of rotatable bonds is 23. The first-order valence-corrected chi connectivity index (χ1v) is 17.4. The second kappa shape index (κ2) is 19.6. The summed E-state index contributed by atoms with van der Waals surface area (Å²) in [6.45, 7) is 4.23. The highest BCUT2D eigenvalue weighted by Crippen LogP contribution is 2.27. The molecule has 15 heteroatoms. The number of nitrogens with two attached hydrogens (primary N) is 1. The van der Waals surface area contributed by atoms with E-state index in [4.69, 9.17) is 19.7 Å². The molecule has 2 aromatic heterocycles. The van der Waals surface area contributed by atoms with Crippen molar-refractivity contribution in [3.63, 3.8) is 0 Å². The lowest BCUT2D eigenvalue weighted by molar-refractivity contribution is -0.145. The third kappa shape index (κ3) is 13.1. The minimum atomic E-state index is -2.64. The molecule has 1 aromatic carbocycles. The van der Waals surface area contributed by atoms with E-state index in [1.807, 2.05) is 0 Å². The van der Waals surface area contributed by atoms with Gasteiger partial charge in [0.05, 0.1) is 18.5 Å². The van der Waals surface area contributed by atoms with Crippen LogP contribution in [0.1, 0.15) is 90.0 Å². The van der Waals surface area contributed by atoms with Crippen molar-refractivity contribution in [3.8, 4) is 0 Å². The normalized spacial score (nSPS) is 13.9. The SMILES string of the molecule is CCCCCCCCCCCCOC(=O)[C@H](Cc1cc(F)cc(F)c1)N[P+](=O)OC[C@](C)(CCn1cnc2c(N)nc(F)nc21)OC. The number of methoxy groups -OCH3 is 1. The highest BCUT2D eigenvalue weighted by molar-refractivity contribution is 7.36. The molecule has 3 N–H and O–H groups in total. The zero-order valence-electron chi connectivity index (χ0n) is 27.5. The van der Waals surface area contributed by atoms with Crippen molar-refractivity contribution in [2.75, 3.05) is 26.1 Å². The molecule has 11 nitrogen and oxygen atoms in total. The van der Waals surface area contributed by atoms with Crippen LogP contribution in [0.5, 0.6) is 0 Å². The van der Waals surface area contributed by atoms with E-state index in [0.717, 1.165) is 37.5 Å². The Bertz CT molecular complexity index is 1430. The Morgan fingerprint density at radius 2 is 1.66 bits per heavy atom. The Labute approximate surface area is 275 Å².